The zero-order valence-corrected chi connectivity index (χ0v) is 18.7. The summed E-state index contributed by atoms with van der Waals surface area (Å²) in [7, 11) is -3.41. The van der Waals surface area contributed by atoms with Crippen LogP contribution in [0.2, 0.25) is 10.0 Å². The van der Waals surface area contributed by atoms with E-state index in [1.165, 1.54) is 4.90 Å². The largest absolute Gasteiger partial charge is 0.444 e. The van der Waals surface area contributed by atoms with Crippen molar-refractivity contribution in [1.29, 1.82) is 0 Å². The number of ether oxygens (including phenoxy) is 2. The summed E-state index contributed by atoms with van der Waals surface area (Å²) in [6.07, 6.45) is 0.163. The number of hydrogen-bond donors (Lipinski definition) is 1. The van der Waals surface area contributed by atoms with E-state index in [4.69, 9.17) is 32.7 Å². The third-order valence-corrected chi connectivity index (χ3v) is 5.50. The number of rotatable bonds is 4. The van der Waals surface area contributed by atoms with E-state index in [-0.39, 0.29) is 25.6 Å². The van der Waals surface area contributed by atoms with Crippen molar-refractivity contribution in [3.05, 3.63) is 33.8 Å². The summed E-state index contributed by atoms with van der Waals surface area (Å²) in [4.78, 5) is 14.1. The molecule has 0 bridgehead atoms. The Hall–Kier alpha value is -1.06. The van der Waals surface area contributed by atoms with Crippen LogP contribution in [0, 0.1) is 5.92 Å². The van der Waals surface area contributed by atoms with Gasteiger partial charge < -0.3 is 14.4 Å². The number of carbonyl (C=O) groups excluding carboxylic acids is 1. The van der Waals surface area contributed by atoms with Crippen molar-refractivity contribution in [2.75, 3.05) is 32.5 Å². The van der Waals surface area contributed by atoms with Gasteiger partial charge in [-0.1, -0.05) is 29.3 Å². The van der Waals surface area contributed by atoms with Crippen LogP contribution in [-0.2, 0) is 19.5 Å². The van der Waals surface area contributed by atoms with Gasteiger partial charge in [0, 0.05) is 25.6 Å². The van der Waals surface area contributed by atoms with Crippen molar-refractivity contribution >= 4 is 39.3 Å². The Morgan fingerprint density at radius 2 is 2.00 bits per heavy atom. The van der Waals surface area contributed by atoms with Crippen LogP contribution in [0.15, 0.2) is 18.2 Å². The van der Waals surface area contributed by atoms with Gasteiger partial charge in [0.05, 0.1) is 29.0 Å². The number of nitrogens with one attached hydrogen (secondary N) is 1. The maximum atomic E-state index is 12.5. The molecule has 10 heteroatoms. The van der Waals surface area contributed by atoms with Gasteiger partial charge in [-0.3, -0.25) is 0 Å². The smallest absolute Gasteiger partial charge is 0.410 e. The van der Waals surface area contributed by atoms with Crippen molar-refractivity contribution in [3.8, 4) is 0 Å². The second kappa shape index (κ2) is 9.17. The molecule has 1 aliphatic heterocycles. The van der Waals surface area contributed by atoms with E-state index in [9.17, 15) is 13.2 Å². The van der Waals surface area contributed by atoms with E-state index < -0.39 is 27.8 Å². The highest BCUT2D eigenvalue weighted by Gasteiger charge is 2.33. The standard InChI is InChI=1S/C18H26Cl2N2O5S/c1-18(2,3)27-17(23)22-7-8-26-16(12-5-6-14(19)15(20)9-12)13(11-22)10-21-28(4,24)25/h5-6,9,13,16,21H,7-8,10-11H2,1-4H3/t13-,16+/m1/s1. The minimum Gasteiger partial charge on any atom is -0.444 e. The van der Waals surface area contributed by atoms with E-state index in [1.807, 2.05) is 0 Å². The molecule has 1 aromatic rings. The lowest BCUT2D eigenvalue weighted by Crippen LogP contribution is -2.42. The maximum Gasteiger partial charge on any atom is 0.410 e. The van der Waals surface area contributed by atoms with Gasteiger partial charge in [0.1, 0.15) is 5.60 Å². The highest BCUT2D eigenvalue weighted by molar-refractivity contribution is 7.88. The first kappa shape index (κ1) is 23.2. The number of halogens is 2. The van der Waals surface area contributed by atoms with Crippen molar-refractivity contribution in [1.82, 2.24) is 9.62 Å². The lowest BCUT2D eigenvalue weighted by molar-refractivity contribution is 0.0231. The third kappa shape index (κ3) is 7.08. The average Bonchev–Trinajstić information content (AvgIpc) is 2.76. The third-order valence-electron chi connectivity index (χ3n) is 4.07. The number of hydrogen-bond acceptors (Lipinski definition) is 5. The Bertz CT molecular complexity index is 811. The molecular formula is C18H26Cl2N2O5S. The van der Waals surface area contributed by atoms with E-state index >= 15 is 0 Å². The molecule has 2 rings (SSSR count). The van der Waals surface area contributed by atoms with Crippen LogP contribution in [0.4, 0.5) is 4.79 Å². The first-order chi connectivity index (χ1) is 12.9. The second-order valence-electron chi connectivity index (χ2n) is 7.77. The zero-order chi connectivity index (χ0) is 21.1. The molecule has 1 amide bonds. The first-order valence-electron chi connectivity index (χ1n) is 8.85. The van der Waals surface area contributed by atoms with Gasteiger partial charge in [-0.25, -0.2) is 17.9 Å². The number of amides is 1. The van der Waals surface area contributed by atoms with E-state index in [0.29, 0.717) is 16.6 Å². The van der Waals surface area contributed by atoms with Gasteiger partial charge in [0.2, 0.25) is 10.0 Å². The molecule has 1 saturated heterocycles. The molecule has 1 fully saturated rings. The first-order valence-corrected chi connectivity index (χ1v) is 11.5. The molecule has 1 aliphatic rings. The number of sulfonamides is 1. The van der Waals surface area contributed by atoms with Gasteiger partial charge in [-0.05, 0) is 38.5 Å². The van der Waals surface area contributed by atoms with Crippen molar-refractivity contribution in [2.45, 2.75) is 32.5 Å². The predicted molar refractivity (Wildman–Crippen MR) is 109 cm³/mol. The van der Waals surface area contributed by atoms with Crippen LogP contribution in [-0.4, -0.2) is 57.5 Å². The quantitative estimate of drug-likeness (QED) is 0.755. The molecule has 1 N–H and O–H groups in total. The van der Waals surface area contributed by atoms with E-state index in [1.54, 1.807) is 39.0 Å². The lowest BCUT2D eigenvalue weighted by Gasteiger charge is -2.30. The number of carbonyl (C=O) groups is 1. The highest BCUT2D eigenvalue weighted by Crippen LogP contribution is 2.33. The normalized spacial score (nSPS) is 21.3. The van der Waals surface area contributed by atoms with Gasteiger partial charge >= 0.3 is 6.09 Å². The van der Waals surface area contributed by atoms with E-state index in [0.717, 1.165) is 11.8 Å². The van der Waals surface area contributed by atoms with Crippen LogP contribution < -0.4 is 4.72 Å². The molecule has 1 aromatic carbocycles. The molecule has 2 atom stereocenters. The second-order valence-corrected chi connectivity index (χ2v) is 10.4. The fraction of sp³-hybridized carbons (Fsp3) is 0.611. The van der Waals surface area contributed by atoms with Crippen LogP contribution >= 0.6 is 23.2 Å². The minimum atomic E-state index is -3.41. The maximum absolute atomic E-state index is 12.5. The molecule has 0 radical (unpaired) electrons. The van der Waals surface area contributed by atoms with Gasteiger partial charge in [0.15, 0.2) is 0 Å². The van der Waals surface area contributed by atoms with Gasteiger partial charge in [0.25, 0.3) is 0 Å². The summed E-state index contributed by atoms with van der Waals surface area (Å²) in [5, 5.41) is 0.797. The fourth-order valence-corrected chi connectivity index (χ4v) is 3.70. The van der Waals surface area contributed by atoms with Crippen LogP contribution in [0.5, 0.6) is 0 Å². The van der Waals surface area contributed by atoms with Crippen LogP contribution in [0.3, 0.4) is 0 Å². The molecule has 0 aliphatic carbocycles. The van der Waals surface area contributed by atoms with E-state index in [2.05, 4.69) is 4.72 Å². The molecule has 0 spiro atoms. The highest BCUT2D eigenvalue weighted by atomic mass is 35.5. The Balaban J connectivity index is 2.27. The lowest BCUT2D eigenvalue weighted by atomic mass is 9.95. The summed E-state index contributed by atoms with van der Waals surface area (Å²) in [5.74, 6) is -0.345. The van der Waals surface area contributed by atoms with Crippen molar-refractivity contribution in [2.24, 2.45) is 5.92 Å². The Morgan fingerprint density at radius 3 is 2.57 bits per heavy atom. The van der Waals surface area contributed by atoms with Crippen molar-refractivity contribution in [3.63, 3.8) is 0 Å². The fourth-order valence-electron chi connectivity index (χ4n) is 2.88. The van der Waals surface area contributed by atoms with Crippen LogP contribution in [0.25, 0.3) is 0 Å². The number of nitrogens with zero attached hydrogens (tertiary/aromatic N) is 1. The van der Waals surface area contributed by atoms with Crippen molar-refractivity contribution < 1.29 is 22.7 Å². The monoisotopic (exact) mass is 452 g/mol. The molecule has 0 aromatic heterocycles. The minimum absolute atomic E-state index is 0.100. The molecule has 0 unspecified atom stereocenters. The number of benzene rings is 1. The average molecular weight is 453 g/mol. The molecule has 1 heterocycles. The molecule has 0 saturated carbocycles. The Labute approximate surface area is 176 Å². The summed E-state index contributed by atoms with van der Waals surface area (Å²) < 4.78 is 37.2. The SMILES string of the molecule is CC(C)(C)OC(=O)N1CCO[C@@H](c2ccc(Cl)c(Cl)c2)[C@H](CNS(C)(=O)=O)C1. The Morgan fingerprint density at radius 1 is 1.32 bits per heavy atom. The molecule has 7 nitrogen and oxygen atoms in total. The van der Waals surface area contributed by atoms with Crippen LogP contribution in [0.1, 0.15) is 32.4 Å². The summed E-state index contributed by atoms with van der Waals surface area (Å²) in [6, 6.07) is 5.15. The summed E-state index contributed by atoms with van der Waals surface area (Å²) >= 11 is 12.1. The molecular weight excluding hydrogens is 427 g/mol. The van der Waals surface area contributed by atoms with Gasteiger partial charge in [-0.15, -0.1) is 0 Å². The molecule has 28 heavy (non-hydrogen) atoms. The van der Waals surface area contributed by atoms with Gasteiger partial charge in [-0.2, -0.15) is 0 Å². The summed E-state index contributed by atoms with van der Waals surface area (Å²) in [5.41, 5.74) is 0.133. The summed E-state index contributed by atoms with van der Waals surface area (Å²) in [6.45, 7) is 6.36. The topological polar surface area (TPSA) is 84.9 Å². The zero-order valence-electron chi connectivity index (χ0n) is 16.4. The predicted octanol–water partition coefficient (Wildman–Crippen LogP) is 3.47. The molecule has 158 valence electrons. The Kier molecular flexibility index (Phi) is 7.61.